The number of benzene rings is 1. The predicted molar refractivity (Wildman–Crippen MR) is 91.2 cm³/mol. The Morgan fingerprint density at radius 2 is 2.00 bits per heavy atom. The number of nitrogens with one attached hydrogen (secondary N) is 1. The Balaban J connectivity index is 2.48. The lowest BCUT2D eigenvalue weighted by atomic mass is 10.0. The van der Waals surface area contributed by atoms with Gasteiger partial charge in [0.1, 0.15) is 0 Å². The summed E-state index contributed by atoms with van der Waals surface area (Å²) in [6.07, 6.45) is 0. The standard InChI is InChI=1S/C15H17Br2NS/c1-4-18-15(13-8-12(16)10(3)19-13)11-7-5-6-9(2)14(11)17/h5-8,15,18H,4H2,1-3H3. The van der Waals surface area contributed by atoms with E-state index in [-0.39, 0.29) is 6.04 Å². The van der Waals surface area contributed by atoms with Gasteiger partial charge in [-0.3, -0.25) is 0 Å². The van der Waals surface area contributed by atoms with E-state index in [1.54, 1.807) is 0 Å². The van der Waals surface area contributed by atoms with Crippen LogP contribution in [0.25, 0.3) is 0 Å². The van der Waals surface area contributed by atoms with Gasteiger partial charge in [0.15, 0.2) is 0 Å². The third-order valence-electron chi connectivity index (χ3n) is 3.10. The van der Waals surface area contributed by atoms with Crippen LogP contribution in [-0.4, -0.2) is 6.54 Å². The van der Waals surface area contributed by atoms with Crippen molar-refractivity contribution in [3.63, 3.8) is 0 Å². The first-order valence-corrected chi connectivity index (χ1v) is 8.69. The van der Waals surface area contributed by atoms with Crippen LogP contribution in [0, 0.1) is 13.8 Å². The smallest absolute Gasteiger partial charge is 0.0682 e. The van der Waals surface area contributed by atoms with Crippen molar-refractivity contribution >= 4 is 43.2 Å². The molecule has 0 spiro atoms. The van der Waals surface area contributed by atoms with Gasteiger partial charge in [0, 0.05) is 18.7 Å². The van der Waals surface area contributed by atoms with Gasteiger partial charge in [-0.15, -0.1) is 11.3 Å². The van der Waals surface area contributed by atoms with Crippen LogP contribution in [0.5, 0.6) is 0 Å². The lowest BCUT2D eigenvalue weighted by Crippen LogP contribution is -2.21. The molecule has 0 fully saturated rings. The number of hydrogen-bond acceptors (Lipinski definition) is 2. The second kappa shape index (κ2) is 6.53. The molecule has 1 heterocycles. The van der Waals surface area contributed by atoms with E-state index in [4.69, 9.17) is 0 Å². The number of hydrogen-bond donors (Lipinski definition) is 1. The van der Waals surface area contributed by atoms with Gasteiger partial charge in [-0.25, -0.2) is 0 Å². The Bertz CT molecular complexity index is 558. The molecule has 0 aliphatic carbocycles. The Labute approximate surface area is 135 Å². The summed E-state index contributed by atoms with van der Waals surface area (Å²) in [5.74, 6) is 0. The molecule has 2 rings (SSSR count). The predicted octanol–water partition coefficient (Wildman–Crippen LogP) is 5.59. The van der Waals surface area contributed by atoms with Gasteiger partial charge in [-0.1, -0.05) is 41.1 Å². The molecule has 1 nitrogen and oxygen atoms in total. The van der Waals surface area contributed by atoms with Crippen molar-refractivity contribution in [1.29, 1.82) is 0 Å². The van der Waals surface area contributed by atoms with Gasteiger partial charge in [0.2, 0.25) is 0 Å². The zero-order valence-electron chi connectivity index (χ0n) is 11.3. The maximum absolute atomic E-state index is 3.73. The number of halogens is 2. The Hall–Kier alpha value is -0.160. The van der Waals surface area contributed by atoms with Crippen molar-refractivity contribution in [1.82, 2.24) is 5.32 Å². The topological polar surface area (TPSA) is 12.0 Å². The number of thiophene rings is 1. The third kappa shape index (κ3) is 3.30. The average molecular weight is 403 g/mol. The fraction of sp³-hybridized carbons (Fsp3) is 0.333. The lowest BCUT2D eigenvalue weighted by molar-refractivity contribution is 0.637. The van der Waals surface area contributed by atoms with Crippen molar-refractivity contribution in [2.45, 2.75) is 26.8 Å². The maximum atomic E-state index is 3.73. The molecule has 0 aliphatic heterocycles. The molecular weight excluding hydrogens is 386 g/mol. The van der Waals surface area contributed by atoms with Gasteiger partial charge in [-0.05, 0) is 53.5 Å². The van der Waals surface area contributed by atoms with Crippen LogP contribution in [0.1, 0.15) is 33.8 Å². The Morgan fingerprint density at radius 3 is 2.58 bits per heavy atom. The van der Waals surface area contributed by atoms with E-state index in [9.17, 15) is 0 Å². The van der Waals surface area contributed by atoms with Crippen LogP contribution >= 0.6 is 43.2 Å². The highest BCUT2D eigenvalue weighted by molar-refractivity contribution is 9.10. The molecule has 1 aromatic heterocycles. The first kappa shape index (κ1) is 15.2. The summed E-state index contributed by atoms with van der Waals surface area (Å²) >= 11 is 9.18. The molecule has 1 atom stereocenters. The molecule has 0 radical (unpaired) electrons. The van der Waals surface area contributed by atoms with Gasteiger partial charge in [-0.2, -0.15) is 0 Å². The molecule has 0 saturated carbocycles. The quantitative estimate of drug-likeness (QED) is 0.702. The molecule has 19 heavy (non-hydrogen) atoms. The average Bonchev–Trinajstić information content (AvgIpc) is 2.70. The van der Waals surface area contributed by atoms with E-state index >= 15 is 0 Å². The Kier molecular flexibility index (Phi) is 5.23. The highest BCUT2D eigenvalue weighted by Crippen LogP contribution is 2.37. The molecule has 1 unspecified atom stereocenters. The van der Waals surface area contributed by atoms with Crippen LogP contribution in [0.3, 0.4) is 0 Å². The van der Waals surface area contributed by atoms with Gasteiger partial charge in [0.25, 0.3) is 0 Å². The van der Waals surface area contributed by atoms with Crippen LogP contribution < -0.4 is 5.32 Å². The summed E-state index contributed by atoms with van der Waals surface area (Å²) in [6, 6.07) is 8.91. The summed E-state index contributed by atoms with van der Waals surface area (Å²) < 4.78 is 2.39. The minimum Gasteiger partial charge on any atom is -0.306 e. The monoisotopic (exact) mass is 401 g/mol. The summed E-state index contributed by atoms with van der Waals surface area (Å²) in [4.78, 5) is 2.67. The SMILES string of the molecule is CCNC(c1cc(Br)c(C)s1)c1cccc(C)c1Br. The van der Waals surface area contributed by atoms with E-state index < -0.39 is 0 Å². The molecular formula is C15H17Br2NS. The van der Waals surface area contributed by atoms with Crippen molar-refractivity contribution in [3.05, 3.63) is 54.1 Å². The van der Waals surface area contributed by atoms with Crippen LogP contribution in [0.2, 0.25) is 0 Å². The molecule has 2 aromatic rings. The van der Waals surface area contributed by atoms with E-state index in [0.29, 0.717) is 0 Å². The molecule has 0 amide bonds. The third-order valence-corrected chi connectivity index (χ3v) is 6.39. The van der Waals surface area contributed by atoms with E-state index in [2.05, 4.69) is 82.2 Å². The zero-order chi connectivity index (χ0) is 14.0. The fourth-order valence-corrected chi connectivity index (χ4v) is 4.23. The van der Waals surface area contributed by atoms with E-state index in [1.807, 2.05) is 11.3 Å². The molecule has 102 valence electrons. The first-order chi connectivity index (χ1) is 9.04. The largest absolute Gasteiger partial charge is 0.306 e. The lowest BCUT2D eigenvalue weighted by Gasteiger charge is -2.19. The normalized spacial score (nSPS) is 12.7. The molecule has 1 N–H and O–H groups in total. The van der Waals surface area contributed by atoms with Crippen LogP contribution in [0.4, 0.5) is 0 Å². The minimum atomic E-state index is 0.245. The fourth-order valence-electron chi connectivity index (χ4n) is 2.08. The summed E-state index contributed by atoms with van der Waals surface area (Å²) in [5, 5.41) is 3.58. The molecule has 1 aromatic carbocycles. The number of rotatable bonds is 4. The highest BCUT2D eigenvalue weighted by Gasteiger charge is 2.19. The van der Waals surface area contributed by atoms with Crippen molar-refractivity contribution < 1.29 is 0 Å². The minimum absolute atomic E-state index is 0.245. The first-order valence-electron chi connectivity index (χ1n) is 6.28. The van der Waals surface area contributed by atoms with Gasteiger partial charge in [0.05, 0.1) is 6.04 Å². The van der Waals surface area contributed by atoms with Crippen LogP contribution in [-0.2, 0) is 0 Å². The number of aryl methyl sites for hydroxylation is 2. The summed E-state index contributed by atoms with van der Waals surface area (Å²) in [5.41, 5.74) is 2.57. The second-order valence-electron chi connectivity index (χ2n) is 4.52. The van der Waals surface area contributed by atoms with Crippen LogP contribution in [0.15, 0.2) is 33.2 Å². The summed E-state index contributed by atoms with van der Waals surface area (Å²) in [7, 11) is 0. The van der Waals surface area contributed by atoms with E-state index in [1.165, 1.54) is 29.8 Å². The van der Waals surface area contributed by atoms with Gasteiger partial charge < -0.3 is 5.32 Å². The van der Waals surface area contributed by atoms with E-state index in [0.717, 1.165) is 6.54 Å². The molecule has 0 saturated heterocycles. The Morgan fingerprint density at radius 1 is 1.26 bits per heavy atom. The molecule has 4 heteroatoms. The van der Waals surface area contributed by atoms with Crippen molar-refractivity contribution in [2.24, 2.45) is 0 Å². The van der Waals surface area contributed by atoms with Crippen molar-refractivity contribution in [2.75, 3.05) is 6.54 Å². The molecule has 0 aliphatic rings. The van der Waals surface area contributed by atoms with Gasteiger partial charge >= 0.3 is 0 Å². The highest BCUT2D eigenvalue weighted by atomic mass is 79.9. The van der Waals surface area contributed by atoms with Crippen molar-refractivity contribution in [3.8, 4) is 0 Å². The summed E-state index contributed by atoms with van der Waals surface area (Å²) in [6.45, 7) is 7.37. The second-order valence-corrected chi connectivity index (χ2v) is 7.46. The maximum Gasteiger partial charge on any atom is 0.0682 e. The zero-order valence-corrected chi connectivity index (χ0v) is 15.2. The molecule has 0 bridgehead atoms.